The number of hydrogen-bond acceptors (Lipinski definition) is 3. The molecule has 0 aliphatic rings. The third-order valence-electron chi connectivity index (χ3n) is 2.94. The van der Waals surface area contributed by atoms with Gasteiger partial charge in [0.2, 0.25) is 0 Å². The zero-order chi connectivity index (χ0) is 15.8. The Kier molecular flexibility index (Phi) is 8.93. The summed E-state index contributed by atoms with van der Waals surface area (Å²) in [6.45, 7) is 3.29. The van der Waals surface area contributed by atoms with Gasteiger partial charge >= 0.3 is 0 Å². The highest BCUT2D eigenvalue weighted by Crippen LogP contribution is 2.12. The molecule has 2 rings (SSSR count). The van der Waals surface area contributed by atoms with Crippen molar-refractivity contribution < 1.29 is 9.13 Å². The molecule has 0 radical (unpaired) electrons. The first kappa shape index (κ1) is 19.7. The van der Waals surface area contributed by atoms with E-state index < -0.39 is 0 Å². The zero-order valence-electron chi connectivity index (χ0n) is 13.1. The van der Waals surface area contributed by atoms with Crippen LogP contribution in [0.5, 0.6) is 5.75 Å². The van der Waals surface area contributed by atoms with Crippen LogP contribution >= 0.6 is 35.3 Å². The Bertz CT molecular complexity index is 590. The van der Waals surface area contributed by atoms with E-state index in [1.807, 2.05) is 18.4 Å². The van der Waals surface area contributed by atoms with Gasteiger partial charge in [-0.15, -0.1) is 35.3 Å². The van der Waals surface area contributed by atoms with Crippen molar-refractivity contribution in [3.05, 3.63) is 52.5 Å². The van der Waals surface area contributed by atoms with E-state index in [2.05, 4.69) is 21.7 Å². The van der Waals surface area contributed by atoms with Crippen molar-refractivity contribution >= 4 is 41.3 Å². The molecule has 0 spiro atoms. The number of guanidine groups is 1. The van der Waals surface area contributed by atoms with Gasteiger partial charge in [-0.1, -0.05) is 6.07 Å². The second-order valence-corrected chi connectivity index (χ2v) is 5.80. The minimum Gasteiger partial charge on any atom is -0.489 e. The van der Waals surface area contributed by atoms with Crippen molar-refractivity contribution in [1.82, 2.24) is 10.6 Å². The lowest BCUT2D eigenvalue weighted by Crippen LogP contribution is -2.41. The molecule has 126 valence electrons. The van der Waals surface area contributed by atoms with Gasteiger partial charge in [0.1, 0.15) is 17.7 Å². The Balaban J connectivity index is 0.00000264. The van der Waals surface area contributed by atoms with Gasteiger partial charge in [0.15, 0.2) is 5.96 Å². The number of aliphatic imine (C=N–C) groups is 1. The van der Waals surface area contributed by atoms with E-state index in [4.69, 9.17) is 4.74 Å². The quantitative estimate of drug-likeness (QED) is 0.402. The maximum atomic E-state index is 12.8. The van der Waals surface area contributed by atoms with Gasteiger partial charge in [0, 0.05) is 11.9 Å². The normalized spacial score (nSPS) is 12.2. The van der Waals surface area contributed by atoms with E-state index in [-0.39, 0.29) is 35.9 Å². The van der Waals surface area contributed by atoms with Gasteiger partial charge in [-0.25, -0.2) is 4.39 Å². The van der Waals surface area contributed by atoms with E-state index in [0.717, 1.165) is 12.5 Å². The minimum absolute atomic E-state index is 0. The maximum Gasteiger partial charge on any atom is 0.191 e. The van der Waals surface area contributed by atoms with Crippen LogP contribution in [-0.2, 0) is 6.54 Å². The summed E-state index contributed by atoms with van der Waals surface area (Å²) in [5.41, 5.74) is 0. The molecule has 1 heterocycles. The number of nitrogens with one attached hydrogen (secondary N) is 2. The van der Waals surface area contributed by atoms with Gasteiger partial charge in [-0.05, 0) is 42.6 Å². The van der Waals surface area contributed by atoms with Crippen LogP contribution in [0.15, 0.2) is 46.8 Å². The SMILES string of the molecule is CN=C(NCc1cccs1)NCC(C)Oc1ccc(F)cc1.I. The predicted octanol–water partition coefficient (Wildman–Crippen LogP) is 3.64. The van der Waals surface area contributed by atoms with Crippen LogP contribution in [0.2, 0.25) is 0 Å². The second-order valence-electron chi connectivity index (χ2n) is 4.77. The Labute approximate surface area is 157 Å². The van der Waals surface area contributed by atoms with Crippen molar-refractivity contribution in [3.63, 3.8) is 0 Å². The van der Waals surface area contributed by atoms with Crippen LogP contribution in [0.4, 0.5) is 4.39 Å². The molecule has 1 aromatic heterocycles. The van der Waals surface area contributed by atoms with Crippen molar-refractivity contribution in [3.8, 4) is 5.75 Å². The van der Waals surface area contributed by atoms with E-state index in [9.17, 15) is 4.39 Å². The summed E-state index contributed by atoms with van der Waals surface area (Å²) in [5.74, 6) is 1.11. The highest BCUT2D eigenvalue weighted by Gasteiger charge is 2.06. The number of thiophene rings is 1. The van der Waals surface area contributed by atoms with Crippen LogP contribution in [0.1, 0.15) is 11.8 Å². The van der Waals surface area contributed by atoms with Crippen molar-refractivity contribution in [1.29, 1.82) is 0 Å². The maximum absolute atomic E-state index is 12.8. The molecule has 23 heavy (non-hydrogen) atoms. The van der Waals surface area contributed by atoms with E-state index in [1.165, 1.54) is 17.0 Å². The molecule has 0 saturated carbocycles. The molecule has 0 amide bonds. The van der Waals surface area contributed by atoms with Gasteiger partial charge in [-0.2, -0.15) is 0 Å². The van der Waals surface area contributed by atoms with Crippen LogP contribution in [-0.4, -0.2) is 25.7 Å². The summed E-state index contributed by atoms with van der Waals surface area (Å²) >= 11 is 1.70. The fraction of sp³-hybridized carbons (Fsp3) is 0.312. The molecule has 1 unspecified atom stereocenters. The molecular weight excluding hydrogens is 428 g/mol. The molecule has 0 saturated heterocycles. The van der Waals surface area contributed by atoms with Crippen molar-refractivity contribution in [2.45, 2.75) is 19.6 Å². The molecule has 0 aliphatic carbocycles. The molecular formula is C16H21FIN3OS. The zero-order valence-corrected chi connectivity index (χ0v) is 16.2. The smallest absolute Gasteiger partial charge is 0.191 e. The number of hydrogen-bond donors (Lipinski definition) is 2. The van der Waals surface area contributed by atoms with E-state index in [1.54, 1.807) is 30.5 Å². The van der Waals surface area contributed by atoms with Crippen LogP contribution in [0.3, 0.4) is 0 Å². The lowest BCUT2D eigenvalue weighted by molar-refractivity contribution is 0.223. The highest BCUT2D eigenvalue weighted by molar-refractivity contribution is 14.0. The Hall–Kier alpha value is -1.35. The Morgan fingerprint density at radius 3 is 2.61 bits per heavy atom. The molecule has 0 bridgehead atoms. The summed E-state index contributed by atoms with van der Waals surface area (Å²) < 4.78 is 18.5. The monoisotopic (exact) mass is 449 g/mol. The fourth-order valence-corrected chi connectivity index (χ4v) is 2.48. The lowest BCUT2D eigenvalue weighted by atomic mass is 10.3. The standard InChI is InChI=1S/C16H20FN3OS.HI/c1-12(21-14-7-5-13(17)6-8-14)10-19-16(18-2)20-11-15-4-3-9-22-15;/h3-9,12H,10-11H2,1-2H3,(H2,18,19,20);1H. The Morgan fingerprint density at radius 1 is 1.26 bits per heavy atom. The van der Waals surface area contributed by atoms with Crippen LogP contribution in [0, 0.1) is 5.82 Å². The summed E-state index contributed by atoms with van der Waals surface area (Å²) in [7, 11) is 1.73. The molecule has 2 aromatic rings. The molecule has 2 N–H and O–H groups in total. The number of ether oxygens (including phenoxy) is 1. The van der Waals surface area contributed by atoms with E-state index >= 15 is 0 Å². The number of nitrogens with zero attached hydrogens (tertiary/aromatic N) is 1. The average molecular weight is 449 g/mol. The van der Waals surface area contributed by atoms with Crippen molar-refractivity contribution in [2.24, 2.45) is 4.99 Å². The highest BCUT2D eigenvalue weighted by atomic mass is 127. The summed E-state index contributed by atoms with van der Waals surface area (Å²) in [4.78, 5) is 5.42. The minimum atomic E-state index is -0.267. The third kappa shape index (κ3) is 7.17. The summed E-state index contributed by atoms with van der Waals surface area (Å²) in [5, 5.41) is 8.50. The molecule has 1 atom stereocenters. The van der Waals surface area contributed by atoms with Gasteiger partial charge in [0.25, 0.3) is 0 Å². The van der Waals surface area contributed by atoms with Crippen LogP contribution < -0.4 is 15.4 Å². The van der Waals surface area contributed by atoms with Crippen LogP contribution in [0.25, 0.3) is 0 Å². The number of rotatable bonds is 6. The Morgan fingerprint density at radius 2 is 2.00 bits per heavy atom. The van der Waals surface area contributed by atoms with Gasteiger partial charge in [0.05, 0.1) is 13.1 Å². The summed E-state index contributed by atoms with van der Waals surface area (Å²) in [6, 6.07) is 10.1. The summed E-state index contributed by atoms with van der Waals surface area (Å²) in [6.07, 6.45) is -0.0641. The largest absolute Gasteiger partial charge is 0.489 e. The average Bonchev–Trinajstić information content (AvgIpc) is 3.03. The topological polar surface area (TPSA) is 45.7 Å². The molecule has 0 fully saturated rings. The second kappa shape index (κ2) is 10.4. The molecule has 1 aromatic carbocycles. The first-order valence-corrected chi connectivity index (χ1v) is 7.94. The van der Waals surface area contributed by atoms with Gasteiger partial charge < -0.3 is 15.4 Å². The predicted molar refractivity (Wildman–Crippen MR) is 104 cm³/mol. The van der Waals surface area contributed by atoms with E-state index in [0.29, 0.717) is 12.3 Å². The first-order valence-electron chi connectivity index (χ1n) is 7.06. The van der Waals surface area contributed by atoms with Crippen molar-refractivity contribution in [2.75, 3.05) is 13.6 Å². The molecule has 0 aliphatic heterocycles. The number of halogens is 2. The lowest BCUT2D eigenvalue weighted by Gasteiger charge is -2.17. The third-order valence-corrected chi connectivity index (χ3v) is 3.82. The van der Waals surface area contributed by atoms with Gasteiger partial charge in [-0.3, -0.25) is 4.99 Å². The molecule has 7 heteroatoms. The fourth-order valence-electron chi connectivity index (χ4n) is 1.83. The first-order chi connectivity index (χ1) is 10.7. The number of benzene rings is 1. The molecule has 4 nitrogen and oxygen atoms in total.